The van der Waals surface area contributed by atoms with E-state index in [1.165, 1.54) is 0 Å². The first kappa shape index (κ1) is 21.7. The number of carbonyl (C=O) groups is 1. The maximum Gasteiger partial charge on any atom is 0.264 e. The highest BCUT2D eigenvalue weighted by Gasteiger charge is 2.09. The monoisotopic (exact) mass is 513 g/mol. The minimum Gasteiger partial charge on any atom is -0.483 e. The molecule has 0 heterocycles. The van der Waals surface area contributed by atoms with Gasteiger partial charge in [0.15, 0.2) is 11.7 Å². The van der Waals surface area contributed by atoms with Gasteiger partial charge >= 0.3 is 0 Å². The summed E-state index contributed by atoms with van der Waals surface area (Å²) in [4.78, 5) is 14.3. The number of ether oxygens (including phenoxy) is 1. The van der Waals surface area contributed by atoms with E-state index in [1.807, 2.05) is 36.4 Å². The van der Waals surface area contributed by atoms with Crippen LogP contribution in [-0.4, -0.2) is 30.7 Å². The van der Waals surface area contributed by atoms with Gasteiger partial charge in [0.25, 0.3) is 5.91 Å². The van der Waals surface area contributed by atoms with Crippen molar-refractivity contribution >= 4 is 66.5 Å². The van der Waals surface area contributed by atoms with Crippen molar-refractivity contribution in [3.8, 4) is 5.75 Å². The molecule has 5 nitrogen and oxygen atoms in total. The summed E-state index contributed by atoms with van der Waals surface area (Å²) in [5.74, 6) is 0.251. The van der Waals surface area contributed by atoms with Crippen LogP contribution in [0.15, 0.2) is 51.4 Å². The highest BCUT2D eigenvalue weighted by atomic mass is 79.9. The van der Waals surface area contributed by atoms with E-state index in [1.54, 1.807) is 6.07 Å². The second-order valence-electron chi connectivity index (χ2n) is 5.58. The maximum absolute atomic E-state index is 12.0. The Hall–Kier alpha value is -1.64. The topological polar surface area (TPSA) is 53.6 Å². The Morgan fingerprint density at radius 2 is 1.78 bits per heavy atom. The molecule has 0 fully saturated rings. The molecule has 2 aromatic rings. The fourth-order valence-electron chi connectivity index (χ4n) is 2.40. The molecular weight excluding hydrogens is 494 g/mol. The first-order chi connectivity index (χ1) is 12.9. The summed E-state index contributed by atoms with van der Waals surface area (Å²) in [7, 11) is 0. The van der Waals surface area contributed by atoms with Gasteiger partial charge in [0, 0.05) is 28.9 Å². The van der Waals surface area contributed by atoms with E-state index in [2.05, 4.69) is 61.2 Å². The lowest BCUT2D eigenvalue weighted by atomic mass is 10.2. The third-order valence-electron chi connectivity index (χ3n) is 3.76. The summed E-state index contributed by atoms with van der Waals surface area (Å²) in [5.41, 5.74) is 1.96. The molecular formula is C19H21Br2N3O2S. The molecule has 0 bridgehead atoms. The van der Waals surface area contributed by atoms with Crippen LogP contribution in [-0.2, 0) is 4.79 Å². The smallest absolute Gasteiger partial charge is 0.264 e. The minimum atomic E-state index is -0.331. The average molecular weight is 515 g/mol. The molecule has 144 valence electrons. The zero-order valence-corrected chi connectivity index (χ0v) is 19.1. The van der Waals surface area contributed by atoms with E-state index < -0.39 is 0 Å². The number of benzene rings is 2. The van der Waals surface area contributed by atoms with E-state index >= 15 is 0 Å². The number of thiocarbonyl (C=S) groups is 1. The van der Waals surface area contributed by atoms with E-state index in [0.717, 1.165) is 33.4 Å². The Morgan fingerprint density at radius 1 is 1.11 bits per heavy atom. The van der Waals surface area contributed by atoms with E-state index in [0.29, 0.717) is 5.75 Å². The van der Waals surface area contributed by atoms with Gasteiger partial charge in [0.2, 0.25) is 0 Å². The number of hydrogen-bond donors (Lipinski definition) is 2. The molecule has 2 rings (SSSR count). The Kier molecular flexibility index (Phi) is 8.53. The van der Waals surface area contributed by atoms with Crippen LogP contribution >= 0.6 is 44.1 Å². The standard InChI is InChI=1S/C19H21Br2N3O2S/c1-3-24(4-2)15-8-6-14(7-9-15)22-19(27)23-18(25)12-26-17-10-5-13(20)11-16(17)21/h5-11H,3-4,12H2,1-2H3,(H2,22,23,25,27). The van der Waals surface area contributed by atoms with Gasteiger partial charge in [-0.2, -0.15) is 0 Å². The van der Waals surface area contributed by atoms with Gasteiger partial charge in [-0.15, -0.1) is 0 Å². The molecule has 8 heteroatoms. The number of halogens is 2. The number of nitrogens with one attached hydrogen (secondary N) is 2. The van der Waals surface area contributed by atoms with Gasteiger partial charge in [-0.05, 0) is 84.5 Å². The molecule has 2 N–H and O–H groups in total. The summed E-state index contributed by atoms with van der Waals surface area (Å²) >= 11 is 11.9. The SMILES string of the molecule is CCN(CC)c1ccc(NC(=S)NC(=O)COc2ccc(Br)cc2Br)cc1. The van der Waals surface area contributed by atoms with Gasteiger partial charge in [0.1, 0.15) is 5.75 Å². The molecule has 0 atom stereocenters. The summed E-state index contributed by atoms with van der Waals surface area (Å²) in [5, 5.41) is 5.84. The summed E-state index contributed by atoms with van der Waals surface area (Å²) in [6.07, 6.45) is 0. The molecule has 0 aliphatic heterocycles. The fourth-order valence-corrected chi connectivity index (χ4v) is 3.80. The maximum atomic E-state index is 12.0. The first-order valence-corrected chi connectivity index (χ1v) is 10.5. The van der Waals surface area contributed by atoms with Crippen molar-refractivity contribution in [2.45, 2.75) is 13.8 Å². The first-order valence-electron chi connectivity index (χ1n) is 8.46. The Bertz CT molecular complexity index is 796. The number of rotatable bonds is 7. The Balaban J connectivity index is 1.83. The predicted molar refractivity (Wildman–Crippen MR) is 122 cm³/mol. The van der Waals surface area contributed by atoms with Crippen molar-refractivity contribution in [3.63, 3.8) is 0 Å². The van der Waals surface area contributed by atoms with E-state index in [4.69, 9.17) is 17.0 Å². The molecule has 0 radical (unpaired) electrons. The summed E-state index contributed by atoms with van der Waals surface area (Å²) in [6.45, 7) is 6.01. The molecule has 2 aromatic carbocycles. The lowest BCUT2D eigenvalue weighted by Gasteiger charge is -2.21. The summed E-state index contributed by atoms with van der Waals surface area (Å²) in [6, 6.07) is 13.4. The van der Waals surface area contributed by atoms with E-state index in [-0.39, 0.29) is 17.6 Å². The lowest BCUT2D eigenvalue weighted by Crippen LogP contribution is -2.37. The molecule has 0 saturated heterocycles. The van der Waals surface area contributed by atoms with Crippen molar-refractivity contribution < 1.29 is 9.53 Å². The van der Waals surface area contributed by atoms with Crippen LogP contribution in [0.1, 0.15) is 13.8 Å². The highest BCUT2D eigenvalue weighted by Crippen LogP contribution is 2.28. The van der Waals surface area contributed by atoms with Gasteiger partial charge in [-0.3, -0.25) is 10.1 Å². The van der Waals surface area contributed by atoms with Crippen molar-refractivity contribution in [2.24, 2.45) is 0 Å². The van der Waals surface area contributed by atoms with Gasteiger partial charge in [-0.25, -0.2) is 0 Å². The van der Waals surface area contributed by atoms with Crippen molar-refractivity contribution in [1.82, 2.24) is 5.32 Å². The van der Waals surface area contributed by atoms with Crippen LogP contribution in [0.4, 0.5) is 11.4 Å². The van der Waals surface area contributed by atoms with Crippen LogP contribution in [0.2, 0.25) is 0 Å². The zero-order valence-electron chi connectivity index (χ0n) is 15.1. The second-order valence-corrected chi connectivity index (χ2v) is 7.76. The second kappa shape index (κ2) is 10.6. The largest absolute Gasteiger partial charge is 0.483 e. The Morgan fingerprint density at radius 3 is 2.37 bits per heavy atom. The van der Waals surface area contributed by atoms with Crippen LogP contribution in [0.3, 0.4) is 0 Å². The van der Waals surface area contributed by atoms with Crippen molar-refractivity contribution in [3.05, 3.63) is 51.4 Å². The normalized spacial score (nSPS) is 10.2. The zero-order chi connectivity index (χ0) is 19.8. The molecule has 0 spiro atoms. The molecule has 0 unspecified atom stereocenters. The van der Waals surface area contributed by atoms with Crippen LogP contribution in [0.5, 0.6) is 5.75 Å². The molecule has 0 aliphatic carbocycles. The molecule has 1 amide bonds. The summed E-state index contributed by atoms with van der Waals surface area (Å²) < 4.78 is 7.18. The molecule has 0 aromatic heterocycles. The van der Waals surface area contributed by atoms with Crippen molar-refractivity contribution in [2.75, 3.05) is 29.9 Å². The predicted octanol–water partition coefficient (Wildman–Crippen LogP) is 4.95. The number of hydrogen-bond acceptors (Lipinski definition) is 4. The van der Waals surface area contributed by atoms with Crippen LogP contribution < -0.4 is 20.3 Å². The average Bonchev–Trinajstić information content (AvgIpc) is 2.63. The minimum absolute atomic E-state index is 0.136. The fraction of sp³-hybridized carbons (Fsp3) is 0.263. The van der Waals surface area contributed by atoms with Gasteiger partial charge in [-0.1, -0.05) is 15.9 Å². The number of amides is 1. The van der Waals surface area contributed by atoms with Gasteiger partial charge < -0.3 is 15.0 Å². The molecule has 27 heavy (non-hydrogen) atoms. The number of anilines is 2. The molecule has 0 aliphatic rings. The van der Waals surface area contributed by atoms with Crippen molar-refractivity contribution in [1.29, 1.82) is 0 Å². The van der Waals surface area contributed by atoms with Crippen LogP contribution in [0.25, 0.3) is 0 Å². The quantitative estimate of drug-likeness (QED) is 0.512. The van der Waals surface area contributed by atoms with Crippen LogP contribution in [0, 0.1) is 0 Å². The van der Waals surface area contributed by atoms with E-state index in [9.17, 15) is 4.79 Å². The Labute approximate surface area is 181 Å². The number of nitrogens with zero attached hydrogens (tertiary/aromatic N) is 1. The van der Waals surface area contributed by atoms with Gasteiger partial charge in [0.05, 0.1) is 4.47 Å². The third-order valence-corrected chi connectivity index (χ3v) is 5.08. The number of carbonyl (C=O) groups excluding carboxylic acids is 1. The highest BCUT2D eigenvalue weighted by molar-refractivity contribution is 9.11. The lowest BCUT2D eigenvalue weighted by molar-refractivity contribution is -0.121. The third kappa shape index (κ3) is 6.79. The molecule has 0 saturated carbocycles.